The van der Waals surface area contributed by atoms with Gasteiger partial charge in [0, 0.05) is 18.7 Å². The molecule has 0 aliphatic carbocycles. The van der Waals surface area contributed by atoms with E-state index in [0.717, 1.165) is 0 Å². The summed E-state index contributed by atoms with van der Waals surface area (Å²) in [5.74, 6) is 0.894. The molecule has 31 heavy (non-hydrogen) atoms. The number of carbonyl (C=O) groups is 1. The van der Waals surface area contributed by atoms with Crippen molar-refractivity contribution in [1.29, 1.82) is 0 Å². The minimum Gasteiger partial charge on any atom is -0.493 e. The Hall–Kier alpha value is -3.29. The molecule has 0 fully saturated rings. The molecule has 2 aromatic rings. The van der Waals surface area contributed by atoms with Crippen LogP contribution >= 0.6 is 0 Å². The monoisotopic (exact) mass is 435 g/mol. The minimum absolute atomic E-state index is 0.0858. The van der Waals surface area contributed by atoms with E-state index in [2.05, 4.69) is 4.74 Å². The molecule has 0 aromatic heterocycles. The van der Waals surface area contributed by atoms with Crippen LogP contribution in [0.25, 0.3) is 11.6 Å². The van der Waals surface area contributed by atoms with Crippen LogP contribution in [0, 0.1) is 0 Å². The summed E-state index contributed by atoms with van der Waals surface area (Å²) in [6.45, 7) is 1.89. The number of amides is 1. The predicted molar refractivity (Wildman–Crippen MR) is 115 cm³/mol. The summed E-state index contributed by atoms with van der Waals surface area (Å²) in [4.78, 5) is 15.0. The van der Waals surface area contributed by atoms with Crippen molar-refractivity contribution in [3.05, 3.63) is 47.5 Å². The number of likely N-dealkylation sites (N-methyl/N-ethyl adjacent to an activating group) is 1. The van der Waals surface area contributed by atoms with Gasteiger partial charge in [-0.15, -0.1) is 0 Å². The predicted octanol–water partition coefficient (Wildman–Crippen LogP) is 4.72. The van der Waals surface area contributed by atoms with Gasteiger partial charge in [0.05, 0.1) is 21.3 Å². The molecule has 0 saturated carbocycles. The molecule has 0 bridgehead atoms. The van der Waals surface area contributed by atoms with Gasteiger partial charge in [-0.3, -0.25) is 4.79 Å². The number of hydrogen-bond acceptors (Lipinski definition) is 5. The van der Waals surface area contributed by atoms with Gasteiger partial charge in [0.25, 0.3) is 5.91 Å². The number of carbonyl (C=O) groups excluding carboxylic acids is 1. The third-order valence-electron chi connectivity index (χ3n) is 4.69. The van der Waals surface area contributed by atoms with Gasteiger partial charge in [-0.2, -0.15) is 8.78 Å². The molecule has 6 nitrogen and oxygen atoms in total. The fourth-order valence-corrected chi connectivity index (χ4v) is 3.09. The Kier molecular flexibility index (Phi) is 8.66. The summed E-state index contributed by atoms with van der Waals surface area (Å²) in [5.41, 5.74) is 1.62. The van der Waals surface area contributed by atoms with Gasteiger partial charge in [0.1, 0.15) is 0 Å². The Labute approximate surface area is 181 Å². The maximum Gasteiger partial charge on any atom is 0.387 e. The van der Waals surface area contributed by atoms with Gasteiger partial charge in [-0.1, -0.05) is 12.1 Å². The van der Waals surface area contributed by atoms with Crippen LogP contribution in [0.15, 0.2) is 36.4 Å². The highest BCUT2D eigenvalue weighted by atomic mass is 19.3. The van der Waals surface area contributed by atoms with E-state index in [0.29, 0.717) is 41.3 Å². The molecule has 0 aliphatic rings. The summed E-state index contributed by atoms with van der Waals surface area (Å²) in [5, 5.41) is 0. The van der Waals surface area contributed by atoms with E-state index >= 15 is 0 Å². The van der Waals surface area contributed by atoms with Crippen molar-refractivity contribution in [1.82, 2.24) is 4.90 Å². The topological polar surface area (TPSA) is 57.2 Å². The first-order valence-electron chi connectivity index (χ1n) is 9.74. The van der Waals surface area contributed by atoms with Crippen LogP contribution in [-0.2, 0) is 4.79 Å². The lowest BCUT2D eigenvalue weighted by Gasteiger charge is -2.21. The van der Waals surface area contributed by atoms with Crippen molar-refractivity contribution in [3.63, 3.8) is 0 Å². The van der Waals surface area contributed by atoms with Crippen molar-refractivity contribution in [2.75, 3.05) is 34.4 Å². The minimum atomic E-state index is -2.97. The smallest absolute Gasteiger partial charge is 0.387 e. The standard InChI is InChI=1S/C23H27F2NO5/c1-6-26(7-2)22(27)17(16-9-11-18(28-3)21(14-16)30-5)12-15-8-10-19(31-23(24)25)20(13-15)29-4/h8-14,23H,6-7H2,1-5H3/b17-12+. The van der Waals surface area contributed by atoms with Crippen LogP contribution in [0.3, 0.4) is 0 Å². The van der Waals surface area contributed by atoms with Crippen LogP contribution in [0.4, 0.5) is 8.78 Å². The number of halogens is 2. The Morgan fingerprint density at radius 2 is 1.48 bits per heavy atom. The zero-order valence-corrected chi connectivity index (χ0v) is 18.3. The normalized spacial score (nSPS) is 11.3. The highest BCUT2D eigenvalue weighted by Gasteiger charge is 2.20. The lowest BCUT2D eigenvalue weighted by Crippen LogP contribution is -2.31. The molecule has 0 atom stereocenters. The van der Waals surface area contributed by atoms with Crippen molar-refractivity contribution >= 4 is 17.6 Å². The second-order valence-electron chi connectivity index (χ2n) is 6.39. The molecule has 8 heteroatoms. The second-order valence-corrected chi connectivity index (χ2v) is 6.39. The lowest BCUT2D eigenvalue weighted by molar-refractivity contribution is -0.124. The van der Waals surface area contributed by atoms with E-state index in [-0.39, 0.29) is 17.4 Å². The largest absolute Gasteiger partial charge is 0.493 e. The molecular formula is C23H27F2NO5. The average molecular weight is 435 g/mol. The molecule has 2 aromatic carbocycles. The fraction of sp³-hybridized carbons (Fsp3) is 0.348. The Morgan fingerprint density at radius 3 is 2.03 bits per heavy atom. The third kappa shape index (κ3) is 5.87. The van der Waals surface area contributed by atoms with Crippen molar-refractivity contribution in [2.45, 2.75) is 20.5 Å². The van der Waals surface area contributed by atoms with Gasteiger partial charge in [0.15, 0.2) is 23.0 Å². The second kappa shape index (κ2) is 11.2. The summed E-state index contributed by atoms with van der Waals surface area (Å²) in [7, 11) is 4.41. The Balaban J connectivity index is 2.60. The van der Waals surface area contributed by atoms with E-state index in [4.69, 9.17) is 14.2 Å². The van der Waals surface area contributed by atoms with E-state index in [1.807, 2.05) is 13.8 Å². The maximum atomic E-state index is 13.3. The first-order valence-corrected chi connectivity index (χ1v) is 9.74. The fourth-order valence-electron chi connectivity index (χ4n) is 3.09. The summed E-state index contributed by atoms with van der Waals surface area (Å²) in [6, 6.07) is 9.70. The van der Waals surface area contributed by atoms with Gasteiger partial charge in [-0.05, 0) is 55.3 Å². The summed E-state index contributed by atoms with van der Waals surface area (Å²) >= 11 is 0. The molecule has 0 heterocycles. The van der Waals surface area contributed by atoms with Crippen LogP contribution < -0.4 is 18.9 Å². The molecule has 0 aliphatic heterocycles. The molecule has 0 spiro atoms. The van der Waals surface area contributed by atoms with Gasteiger partial charge in [0.2, 0.25) is 0 Å². The molecule has 0 saturated heterocycles. The van der Waals surface area contributed by atoms with Crippen molar-refractivity contribution in [3.8, 4) is 23.0 Å². The molecule has 168 valence electrons. The Morgan fingerprint density at radius 1 is 0.903 bits per heavy atom. The number of benzene rings is 2. The van der Waals surface area contributed by atoms with E-state index in [1.165, 1.54) is 33.5 Å². The van der Waals surface area contributed by atoms with Crippen LogP contribution in [0.1, 0.15) is 25.0 Å². The van der Waals surface area contributed by atoms with E-state index in [9.17, 15) is 13.6 Å². The molecule has 0 N–H and O–H groups in total. The number of nitrogens with zero attached hydrogens (tertiary/aromatic N) is 1. The molecule has 1 amide bonds. The van der Waals surface area contributed by atoms with E-state index in [1.54, 1.807) is 35.2 Å². The van der Waals surface area contributed by atoms with Crippen molar-refractivity contribution in [2.24, 2.45) is 0 Å². The number of ether oxygens (including phenoxy) is 4. The zero-order chi connectivity index (χ0) is 23.0. The molecular weight excluding hydrogens is 408 g/mol. The van der Waals surface area contributed by atoms with Gasteiger partial charge in [-0.25, -0.2) is 0 Å². The summed E-state index contributed by atoms with van der Waals surface area (Å²) in [6.07, 6.45) is 1.68. The highest BCUT2D eigenvalue weighted by Crippen LogP contribution is 2.34. The zero-order valence-electron chi connectivity index (χ0n) is 18.3. The van der Waals surface area contributed by atoms with Gasteiger partial charge >= 0.3 is 6.61 Å². The number of rotatable bonds is 10. The molecule has 2 rings (SSSR count). The number of hydrogen-bond donors (Lipinski definition) is 0. The van der Waals surface area contributed by atoms with Crippen molar-refractivity contribution < 1.29 is 32.5 Å². The third-order valence-corrected chi connectivity index (χ3v) is 4.69. The average Bonchev–Trinajstić information content (AvgIpc) is 2.78. The maximum absolute atomic E-state index is 13.3. The molecule has 0 radical (unpaired) electrons. The molecule has 0 unspecified atom stereocenters. The SMILES string of the molecule is CCN(CC)C(=O)/C(=C/c1ccc(OC(F)F)c(OC)c1)c1ccc(OC)c(OC)c1. The Bertz CT molecular complexity index is 926. The number of methoxy groups -OCH3 is 3. The first kappa shape index (κ1) is 24.0. The van der Waals surface area contributed by atoms with Crippen LogP contribution in [0.2, 0.25) is 0 Å². The van der Waals surface area contributed by atoms with E-state index < -0.39 is 6.61 Å². The van der Waals surface area contributed by atoms with Crippen LogP contribution in [-0.4, -0.2) is 51.8 Å². The van der Waals surface area contributed by atoms with Gasteiger partial charge < -0.3 is 23.8 Å². The number of alkyl halides is 2. The quantitative estimate of drug-likeness (QED) is 0.399. The van der Waals surface area contributed by atoms with Crippen LogP contribution in [0.5, 0.6) is 23.0 Å². The first-order chi connectivity index (χ1) is 14.9. The lowest BCUT2D eigenvalue weighted by atomic mass is 10.0. The highest BCUT2D eigenvalue weighted by molar-refractivity contribution is 6.24. The summed E-state index contributed by atoms with van der Waals surface area (Å²) < 4.78 is 45.5.